The summed E-state index contributed by atoms with van der Waals surface area (Å²) in [6, 6.07) is 0. The lowest BCUT2D eigenvalue weighted by Crippen LogP contribution is -2.55. The fraction of sp³-hybridized carbons (Fsp3) is 0.923. The van der Waals surface area contributed by atoms with Gasteiger partial charge in [-0.15, -0.1) is 0 Å². The summed E-state index contributed by atoms with van der Waals surface area (Å²) in [5.74, 6) is 2.04. The summed E-state index contributed by atoms with van der Waals surface area (Å²) in [5, 5.41) is 0. The van der Waals surface area contributed by atoms with Gasteiger partial charge in [0.15, 0.2) is 0 Å². The molecule has 1 unspecified atom stereocenters. The highest BCUT2D eigenvalue weighted by atomic mass is 16.6. The van der Waals surface area contributed by atoms with Gasteiger partial charge in [-0.3, -0.25) is 0 Å². The predicted molar refractivity (Wildman–Crippen MR) is 66.6 cm³/mol. The molecule has 0 aromatic rings. The minimum absolute atomic E-state index is 0.180. The molecule has 1 saturated heterocycles. The molecular weight excluding hydrogens is 216 g/mol. The summed E-state index contributed by atoms with van der Waals surface area (Å²) in [5.41, 5.74) is 5.42. The number of hydrogen-bond acceptors (Lipinski definition) is 3. The Morgan fingerprint density at radius 2 is 1.94 bits per heavy atom. The van der Waals surface area contributed by atoms with Crippen molar-refractivity contribution < 1.29 is 9.53 Å². The van der Waals surface area contributed by atoms with Gasteiger partial charge in [0.1, 0.15) is 5.60 Å². The highest BCUT2D eigenvalue weighted by Crippen LogP contribution is 2.42. The molecule has 0 bridgehead atoms. The Bertz CT molecular complexity index is 288. The van der Waals surface area contributed by atoms with E-state index in [1.165, 1.54) is 12.8 Å². The molecule has 1 atom stereocenters. The van der Waals surface area contributed by atoms with E-state index in [-0.39, 0.29) is 6.09 Å². The molecular formula is C13H24N2O2. The summed E-state index contributed by atoms with van der Waals surface area (Å²) in [4.78, 5) is 13.5. The molecule has 4 nitrogen and oxygen atoms in total. The monoisotopic (exact) mass is 240 g/mol. The molecule has 2 rings (SSSR count). The van der Waals surface area contributed by atoms with Gasteiger partial charge in [0.25, 0.3) is 0 Å². The first-order valence-electron chi connectivity index (χ1n) is 6.58. The SMILES string of the molecule is CC(C)(C)OC(=O)N1CC(C(CN)C2CC2)C1. The lowest BCUT2D eigenvalue weighted by molar-refractivity contribution is -0.0122. The first-order valence-corrected chi connectivity index (χ1v) is 6.58. The van der Waals surface area contributed by atoms with Crippen molar-refractivity contribution in [1.29, 1.82) is 0 Å². The van der Waals surface area contributed by atoms with Crippen LogP contribution < -0.4 is 5.73 Å². The van der Waals surface area contributed by atoms with Crippen LogP contribution in [0.25, 0.3) is 0 Å². The second-order valence-electron chi connectivity index (χ2n) is 6.38. The fourth-order valence-electron chi connectivity index (χ4n) is 2.55. The molecule has 2 N–H and O–H groups in total. The third kappa shape index (κ3) is 3.12. The van der Waals surface area contributed by atoms with E-state index in [0.29, 0.717) is 11.8 Å². The minimum Gasteiger partial charge on any atom is -0.444 e. The molecule has 2 aliphatic rings. The number of likely N-dealkylation sites (tertiary alicyclic amines) is 1. The van der Waals surface area contributed by atoms with Crippen LogP contribution in [0.15, 0.2) is 0 Å². The molecule has 4 heteroatoms. The lowest BCUT2D eigenvalue weighted by atomic mass is 9.83. The van der Waals surface area contributed by atoms with Gasteiger partial charge in [0.2, 0.25) is 0 Å². The van der Waals surface area contributed by atoms with Gasteiger partial charge in [-0.05, 0) is 57.9 Å². The molecule has 1 heterocycles. The van der Waals surface area contributed by atoms with Crippen molar-refractivity contribution in [2.24, 2.45) is 23.5 Å². The second kappa shape index (κ2) is 4.48. The highest BCUT2D eigenvalue weighted by Gasteiger charge is 2.43. The Labute approximate surface area is 103 Å². The molecule has 98 valence electrons. The van der Waals surface area contributed by atoms with Crippen molar-refractivity contribution in [1.82, 2.24) is 4.90 Å². The largest absolute Gasteiger partial charge is 0.444 e. The van der Waals surface area contributed by atoms with Crippen molar-refractivity contribution in [2.45, 2.75) is 39.2 Å². The normalized spacial score (nSPS) is 23.2. The van der Waals surface area contributed by atoms with Gasteiger partial charge in [-0.25, -0.2) is 4.79 Å². The topological polar surface area (TPSA) is 55.6 Å². The smallest absolute Gasteiger partial charge is 0.410 e. The molecule has 1 amide bonds. The summed E-state index contributed by atoms with van der Waals surface area (Å²) in [7, 11) is 0. The van der Waals surface area contributed by atoms with Crippen LogP contribution in [-0.2, 0) is 4.74 Å². The maximum atomic E-state index is 11.8. The maximum Gasteiger partial charge on any atom is 0.410 e. The Kier molecular flexibility index (Phi) is 3.34. The van der Waals surface area contributed by atoms with Crippen LogP contribution in [0.4, 0.5) is 4.79 Å². The fourth-order valence-corrected chi connectivity index (χ4v) is 2.55. The predicted octanol–water partition coefficient (Wildman–Crippen LogP) is 1.84. The molecule has 0 aromatic heterocycles. The first kappa shape index (κ1) is 12.7. The van der Waals surface area contributed by atoms with E-state index < -0.39 is 5.60 Å². The number of hydrogen-bond donors (Lipinski definition) is 1. The van der Waals surface area contributed by atoms with Crippen LogP contribution >= 0.6 is 0 Å². The van der Waals surface area contributed by atoms with Gasteiger partial charge in [-0.2, -0.15) is 0 Å². The molecule has 2 fully saturated rings. The van der Waals surface area contributed by atoms with E-state index in [1.807, 2.05) is 20.8 Å². The van der Waals surface area contributed by atoms with Crippen LogP contribution in [0.5, 0.6) is 0 Å². The van der Waals surface area contributed by atoms with Gasteiger partial charge < -0.3 is 15.4 Å². The zero-order valence-electron chi connectivity index (χ0n) is 11.1. The highest BCUT2D eigenvalue weighted by molar-refractivity contribution is 5.69. The number of amides is 1. The molecule has 0 radical (unpaired) electrons. The lowest BCUT2D eigenvalue weighted by Gasteiger charge is -2.43. The third-order valence-electron chi connectivity index (χ3n) is 3.67. The molecule has 1 aliphatic carbocycles. The number of carbonyl (C=O) groups is 1. The summed E-state index contributed by atoms with van der Waals surface area (Å²) in [6.45, 7) is 8.11. The number of rotatable bonds is 3. The Morgan fingerprint density at radius 3 is 2.35 bits per heavy atom. The summed E-state index contributed by atoms with van der Waals surface area (Å²) >= 11 is 0. The number of carbonyl (C=O) groups excluding carboxylic acids is 1. The molecule has 1 saturated carbocycles. The van der Waals surface area contributed by atoms with E-state index >= 15 is 0 Å². The van der Waals surface area contributed by atoms with Gasteiger partial charge in [0.05, 0.1) is 0 Å². The van der Waals surface area contributed by atoms with Gasteiger partial charge in [-0.1, -0.05) is 0 Å². The summed E-state index contributed by atoms with van der Waals surface area (Å²) in [6.07, 6.45) is 2.47. The van der Waals surface area contributed by atoms with E-state index in [1.54, 1.807) is 4.90 Å². The number of nitrogens with zero attached hydrogens (tertiary/aromatic N) is 1. The number of ether oxygens (including phenoxy) is 1. The average Bonchev–Trinajstić information content (AvgIpc) is 2.89. The Balaban J connectivity index is 1.76. The van der Waals surface area contributed by atoms with Crippen LogP contribution in [0, 0.1) is 17.8 Å². The van der Waals surface area contributed by atoms with Crippen molar-refractivity contribution in [3.63, 3.8) is 0 Å². The molecule has 1 aliphatic heterocycles. The molecule has 0 spiro atoms. The number of nitrogens with two attached hydrogens (primary N) is 1. The Morgan fingerprint density at radius 1 is 1.35 bits per heavy atom. The van der Waals surface area contributed by atoms with Crippen LogP contribution in [0.3, 0.4) is 0 Å². The van der Waals surface area contributed by atoms with E-state index in [4.69, 9.17) is 10.5 Å². The van der Waals surface area contributed by atoms with Crippen molar-refractivity contribution >= 4 is 6.09 Å². The zero-order chi connectivity index (χ0) is 12.6. The Hall–Kier alpha value is -0.770. The first-order chi connectivity index (χ1) is 7.90. The zero-order valence-corrected chi connectivity index (χ0v) is 11.1. The summed E-state index contributed by atoms with van der Waals surface area (Å²) < 4.78 is 5.34. The van der Waals surface area contributed by atoms with E-state index in [2.05, 4.69) is 0 Å². The van der Waals surface area contributed by atoms with E-state index in [0.717, 1.165) is 25.6 Å². The maximum absolute atomic E-state index is 11.8. The quantitative estimate of drug-likeness (QED) is 0.819. The van der Waals surface area contributed by atoms with E-state index in [9.17, 15) is 4.79 Å². The molecule has 17 heavy (non-hydrogen) atoms. The van der Waals surface area contributed by atoms with Crippen molar-refractivity contribution in [3.8, 4) is 0 Å². The van der Waals surface area contributed by atoms with Crippen molar-refractivity contribution in [3.05, 3.63) is 0 Å². The van der Waals surface area contributed by atoms with Crippen LogP contribution in [-0.4, -0.2) is 36.2 Å². The average molecular weight is 240 g/mol. The third-order valence-corrected chi connectivity index (χ3v) is 3.67. The van der Waals surface area contributed by atoms with Crippen LogP contribution in [0.1, 0.15) is 33.6 Å². The van der Waals surface area contributed by atoms with Gasteiger partial charge >= 0.3 is 6.09 Å². The van der Waals surface area contributed by atoms with Gasteiger partial charge in [0, 0.05) is 13.1 Å². The van der Waals surface area contributed by atoms with Crippen LogP contribution in [0.2, 0.25) is 0 Å². The molecule has 0 aromatic carbocycles. The second-order valence-corrected chi connectivity index (χ2v) is 6.38. The standard InChI is InChI=1S/C13H24N2O2/c1-13(2,3)17-12(16)15-7-10(8-15)11(6-14)9-4-5-9/h9-11H,4-8,14H2,1-3H3. The van der Waals surface area contributed by atoms with Crippen molar-refractivity contribution in [2.75, 3.05) is 19.6 Å². The minimum atomic E-state index is -0.397.